The van der Waals surface area contributed by atoms with E-state index in [0.717, 1.165) is 24.5 Å². The Morgan fingerprint density at radius 1 is 0.906 bits per heavy atom. The first-order valence-electron chi connectivity index (χ1n) is 10.8. The van der Waals surface area contributed by atoms with Crippen LogP contribution < -0.4 is 5.32 Å². The molecule has 1 N–H and O–H groups in total. The van der Waals surface area contributed by atoms with E-state index in [1.54, 1.807) is 24.3 Å². The average molecular weight is 455 g/mol. The van der Waals surface area contributed by atoms with E-state index in [9.17, 15) is 19.2 Å². The fraction of sp³-hybridized carbons (Fsp3) is 0.391. The molecule has 0 radical (unpaired) electrons. The summed E-state index contributed by atoms with van der Waals surface area (Å²) in [6.07, 6.45) is 0.692. The predicted molar refractivity (Wildman–Crippen MR) is 121 cm³/mol. The number of nitrogens with zero attached hydrogens (tertiary/aromatic N) is 3. The number of fused-ring (bicyclic) bond motifs is 1. The van der Waals surface area contributed by atoms with Crippen LogP contribution in [0.25, 0.3) is 0 Å². The molecule has 2 aliphatic heterocycles. The summed E-state index contributed by atoms with van der Waals surface area (Å²) in [5, 5.41) is 4.81. The van der Waals surface area contributed by atoms with Crippen molar-refractivity contribution in [3.63, 3.8) is 0 Å². The van der Waals surface area contributed by atoms with Crippen LogP contribution in [-0.4, -0.2) is 84.1 Å². The summed E-state index contributed by atoms with van der Waals surface area (Å²) < 4.78 is 0. The molecule has 0 atom stereocenters. The van der Waals surface area contributed by atoms with Crippen molar-refractivity contribution >= 4 is 35.0 Å². The zero-order valence-corrected chi connectivity index (χ0v) is 18.6. The Morgan fingerprint density at radius 3 is 2.22 bits per heavy atom. The van der Waals surface area contributed by atoms with Crippen LogP contribution in [0.4, 0.5) is 0 Å². The van der Waals surface area contributed by atoms with Gasteiger partial charge in [0.2, 0.25) is 5.91 Å². The number of amides is 4. The lowest BCUT2D eigenvalue weighted by Gasteiger charge is -2.34. The first kappa shape index (κ1) is 22.2. The smallest absolute Gasteiger partial charge is 0.264 e. The van der Waals surface area contributed by atoms with Crippen LogP contribution in [0.1, 0.15) is 43.2 Å². The second-order valence-electron chi connectivity index (χ2n) is 7.87. The summed E-state index contributed by atoms with van der Waals surface area (Å²) in [4.78, 5) is 55.3. The van der Waals surface area contributed by atoms with Crippen LogP contribution in [0, 0.1) is 0 Å². The van der Waals surface area contributed by atoms with Gasteiger partial charge in [-0.05, 0) is 30.0 Å². The molecule has 1 aromatic heterocycles. The van der Waals surface area contributed by atoms with Gasteiger partial charge >= 0.3 is 0 Å². The molecule has 1 aromatic carbocycles. The highest BCUT2D eigenvalue weighted by atomic mass is 32.1. The van der Waals surface area contributed by atoms with Crippen LogP contribution in [0.3, 0.4) is 0 Å². The number of carbonyl (C=O) groups is 4. The maximum atomic E-state index is 12.4. The van der Waals surface area contributed by atoms with E-state index in [4.69, 9.17) is 0 Å². The lowest BCUT2D eigenvalue weighted by atomic mass is 10.1. The molecule has 4 amide bonds. The summed E-state index contributed by atoms with van der Waals surface area (Å²) >= 11 is 1.46. The van der Waals surface area contributed by atoms with Crippen molar-refractivity contribution in [2.24, 2.45) is 0 Å². The number of benzene rings is 1. The number of nitrogens with one attached hydrogen (secondary N) is 1. The van der Waals surface area contributed by atoms with Gasteiger partial charge in [0.15, 0.2) is 0 Å². The quantitative estimate of drug-likeness (QED) is 0.614. The fourth-order valence-corrected chi connectivity index (χ4v) is 4.70. The Labute approximate surface area is 190 Å². The van der Waals surface area contributed by atoms with Gasteiger partial charge in [0, 0.05) is 52.2 Å². The van der Waals surface area contributed by atoms with Gasteiger partial charge in [0.25, 0.3) is 17.7 Å². The molecule has 2 aromatic rings. The number of rotatable bonds is 8. The largest absolute Gasteiger partial charge is 0.355 e. The van der Waals surface area contributed by atoms with Crippen LogP contribution in [-0.2, 0) is 4.79 Å². The Kier molecular flexibility index (Phi) is 6.96. The number of hydrogen-bond donors (Lipinski definition) is 1. The minimum absolute atomic E-state index is 0.0889. The second kappa shape index (κ2) is 10.1. The van der Waals surface area contributed by atoms with E-state index in [-0.39, 0.29) is 36.6 Å². The molecular formula is C23H26N4O4S. The third-order valence-electron chi connectivity index (χ3n) is 5.81. The van der Waals surface area contributed by atoms with Crippen molar-refractivity contribution in [3.8, 4) is 0 Å². The predicted octanol–water partition coefficient (Wildman–Crippen LogP) is 1.70. The maximum absolute atomic E-state index is 12.4. The van der Waals surface area contributed by atoms with Gasteiger partial charge in [-0.3, -0.25) is 29.0 Å². The standard InChI is InChI=1S/C23H26N4O4S/c28-20(8-3-10-27-21(29)17-5-1-2-6-18(17)22(27)30)24-9-11-25-12-14-26(15-13-25)23(31)19-7-4-16-32-19/h1-2,4-7,16H,3,8-15H2,(H,24,28). The van der Waals surface area contributed by atoms with Gasteiger partial charge in [-0.1, -0.05) is 18.2 Å². The molecule has 0 saturated carbocycles. The molecule has 32 heavy (non-hydrogen) atoms. The summed E-state index contributed by atoms with van der Waals surface area (Å²) in [5.74, 6) is -0.579. The number of carbonyl (C=O) groups excluding carboxylic acids is 4. The highest BCUT2D eigenvalue weighted by molar-refractivity contribution is 7.12. The molecule has 0 spiro atoms. The van der Waals surface area contributed by atoms with E-state index in [1.807, 2.05) is 22.4 Å². The zero-order valence-electron chi connectivity index (χ0n) is 17.8. The first-order chi connectivity index (χ1) is 15.5. The normalized spacial score (nSPS) is 16.4. The van der Waals surface area contributed by atoms with Crippen LogP contribution in [0.15, 0.2) is 41.8 Å². The SMILES string of the molecule is O=C(CCCN1C(=O)c2ccccc2C1=O)NCCN1CCN(C(=O)c2cccs2)CC1. The lowest BCUT2D eigenvalue weighted by molar-refractivity contribution is -0.121. The van der Waals surface area contributed by atoms with Crippen molar-refractivity contribution in [3.05, 3.63) is 57.8 Å². The Bertz CT molecular complexity index is 964. The molecule has 0 aliphatic carbocycles. The van der Waals surface area contributed by atoms with Crippen LogP contribution >= 0.6 is 11.3 Å². The van der Waals surface area contributed by atoms with E-state index in [1.165, 1.54) is 16.2 Å². The molecule has 0 unspecified atom stereocenters. The molecule has 1 fully saturated rings. The second-order valence-corrected chi connectivity index (χ2v) is 8.82. The van der Waals surface area contributed by atoms with Gasteiger partial charge in [0.05, 0.1) is 16.0 Å². The third-order valence-corrected chi connectivity index (χ3v) is 6.66. The average Bonchev–Trinajstić information content (AvgIpc) is 3.43. The molecule has 3 heterocycles. The minimum atomic E-state index is -0.289. The molecule has 0 bridgehead atoms. The number of thiophene rings is 1. The molecule has 2 aliphatic rings. The Balaban J connectivity index is 1.11. The Hall–Kier alpha value is -3.04. The lowest BCUT2D eigenvalue weighted by Crippen LogP contribution is -2.50. The highest BCUT2D eigenvalue weighted by Crippen LogP contribution is 2.22. The van der Waals surface area contributed by atoms with Gasteiger partial charge in [0.1, 0.15) is 0 Å². The highest BCUT2D eigenvalue weighted by Gasteiger charge is 2.34. The molecule has 4 rings (SSSR count). The van der Waals surface area contributed by atoms with Crippen molar-refractivity contribution in [1.29, 1.82) is 0 Å². The zero-order chi connectivity index (χ0) is 22.5. The van der Waals surface area contributed by atoms with Crippen LogP contribution in [0.2, 0.25) is 0 Å². The van der Waals surface area contributed by atoms with Gasteiger partial charge in [-0.15, -0.1) is 11.3 Å². The number of hydrogen-bond acceptors (Lipinski definition) is 6. The molecule has 168 valence electrons. The Morgan fingerprint density at radius 2 is 1.59 bits per heavy atom. The summed E-state index contributed by atoms with van der Waals surface area (Å²) in [6, 6.07) is 10.5. The molecule has 1 saturated heterocycles. The van der Waals surface area contributed by atoms with Gasteiger partial charge < -0.3 is 10.2 Å². The van der Waals surface area contributed by atoms with E-state index >= 15 is 0 Å². The van der Waals surface area contributed by atoms with Crippen molar-refractivity contribution in [1.82, 2.24) is 20.0 Å². The van der Waals surface area contributed by atoms with Crippen molar-refractivity contribution in [2.45, 2.75) is 12.8 Å². The first-order valence-corrected chi connectivity index (χ1v) is 11.7. The van der Waals surface area contributed by atoms with E-state index < -0.39 is 0 Å². The fourth-order valence-electron chi connectivity index (χ4n) is 4.01. The molecule has 8 nitrogen and oxygen atoms in total. The summed E-state index contributed by atoms with van der Waals surface area (Å²) in [6.45, 7) is 4.44. The van der Waals surface area contributed by atoms with E-state index in [2.05, 4.69) is 10.2 Å². The topological polar surface area (TPSA) is 90.0 Å². The van der Waals surface area contributed by atoms with Crippen molar-refractivity contribution < 1.29 is 19.2 Å². The third kappa shape index (κ3) is 4.89. The minimum Gasteiger partial charge on any atom is -0.355 e. The number of piperazine rings is 1. The monoisotopic (exact) mass is 454 g/mol. The summed E-state index contributed by atoms with van der Waals surface area (Å²) in [5.41, 5.74) is 0.860. The van der Waals surface area contributed by atoms with Crippen LogP contribution in [0.5, 0.6) is 0 Å². The summed E-state index contributed by atoms with van der Waals surface area (Å²) in [7, 11) is 0. The molecule has 9 heteroatoms. The maximum Gasteiger partial charge on any atom is 0.264 e. The van der Waals surface area contributed by atoms with Crippen molar-refractivity contribution in [2.75, 3.05) is 45.8 Å². The van der Waals surface area contributed by atoms with Gasteiger partial charge in [-0.25, -0.2) is 0 Å². The van der Waals surface area contributed by atoms with E-state index in [0.29, 0.717) is 37.2 Å². The molecular weight excluding hydrogens is 428 g/mol. The number of imide groups is 1. The van der Waals surface area contributed by atoms with Gasteiger partial charge in [-0.2, -0.15) is 0 Å².